The Balaban J connectivity index is 2.94. The molecule has 0 fully saturated rings. The van der Waals surface area contributed by atoms with E-state index in [2.05, 4.69) is 4.74 Å². The third kappa shape index (κ3) is 4.12. The molecular formula is C10H13F3N2O2. The predicted molar refractivity (Wildman–Crippen MR) is 55.4 cm³/mol. The second-order valence-electron chi connectivity index (χ2n) is 3.45. The zero-order valence-electron chi connectivity index (χ0n) is 8.87. The van der Waals surface area contributed by atoms with E-state index in [1.165, 1.54) is 0 Å². The van der Waals surface area contributed by atoms with E-state index in [9.17, 15) is 18.3 Å². The maximum Gasteiger partial charge on any atom is 0.573 e. The van der Waals surface area contributed by atoms with E-state index in [1.807, 2.05) is 0 Å². The molecule has 4 nitrogen and oxygen atoms in total. The van der Waals surface area contributed by atoms with Crippen molar-refractivity contribution in [3.63, 3.8) is 0 Å². The lowest BCUT2D eigenvalue weighted by molar-refractivity contribution is -0.274. The highest BCUT2D eigenvalue weighted by Gasteiger charge is 2.31. The number of alkyl halides is 3. The van der Waals surface area contributed by atoms with Crippen molar-refractivity contribution in [2.45, 2.75) is 18.8 Å². The maximum atomic E-state index is 12.0. The maximum absolute atomic E-state index is 12.0. The van der Waals surface area contributed by atoms with E-state index in [-0.39, 0.29) is 17.9 Å². The van der Waals surface area contributed by atoms with Crippen molar-refractivity contribution in [2.24, 2.45) is 11.5 Å². The molecule has 0 aliphatic carbocycles. The smallest absolute Gasteiger partial charge is 0.508 e. The first-order valence-corrected chi connectivity index (χ1v) is 4.88. The highest BCUT2D eigenvalue weighted by Crippen LogP contribution is 2.31. The van der Waals surface area contributed by atoms with Gasteiger partial charge in [0.25, 0.3) is 0 Å². The third-order valence-electron chi connectivity index (χ3n) is 2.11. The fraction of sp³-hybridized carbons (Fsp3) is 0.400. The van der Waals surface area contributed by atoms with Gasteiger partial charge in [-0.1, -0.05) is 0 Å². The van der Waals surface area contributed by atoms with Crippen LogP contribution < -0.4 is 16.2 Å². The Morgan fingerprint density at radius 2 is 2.00 bits per heavy atom. The molecule has 7 heteroatoms. The molecule has 0 bridgehead atoms. The summed E-state index contributed by atoms with van der Waals surface area (Å²) in [6.07, 6.45) is -4.42. The van der Waals surface area contributed by atoms with Crippen LogP contribution in [0.15, 0.2) is 18.2 Å². The topological polar surface area (TPSA) is 81.5 Å². The monoisotopic (exact) mass is 250 g/mol. The van der Waals surface area contributed by atoms with E-state index in [1.54, 1.807) is 0 Å². The molecule has 0 unspecified atom stereocenters. The fourth-order valence-electron chi connectivity index (χ4n) is 1.36. The van der Waals surface area contributed by atoms with Crippen molar-refractivity contribution < 1.29 is 23.0 Å². The van der Waals surface area contributed by atoms with Crippen LogP contribution in [-0.4, -0.2) is 18.0 Å². The molecule has 0 saturated heterocycles. The molecule has 1 aromatic carbocycles. The molecule has 17 heavy (non-hydrogen) atoms. The van der Waals surface area contributed by atoms with Gasteiger partial charge in [-0.25, -0.2) is 0 Å². The number of ether oxygens (including phenoxy) is 1. The number of halogens is 3. The minimum absolute atomic E-state index is 0.178. The van der Waals surface area contributed by atoms with E-state index in [4.69, 9.17) is 11.5 Å². The van der Waals surface area contributed by atoms with Gasteiger partial charge in [-0.2, -0.15) is 0 Å². The number of benzene rings is 1. The van der Waals surface area contributed by atoms with Crippen molar-refractivity contribution in [2.75, 3.05) is 6.54 Å². The van der Waals surface area contributed by atoms with Crippen LogP contribution in [0.1, 0.15) is 18.0 Å². The summed E-state index contributed by atoms with van der Waals surface area (Å²) in [5.74, 6) is -0.599. The Bertz CT molecular complexity index is 382. The number of phenols is 1. The van der Waals surface area contributed by atoms with E-state index >= 15 is 0 Å². The zero-order valence-corrected chi connectivity index (χ0v) is 8.87. The molecule has 0 spiro atoms. The summed E-state index contributed by atoms with van der Waals surface area (Å²) < 4.78 is 39.7. The van der Waals surface area contributed by atoms with Gasteiger partial charge in [-0.15, -0.1) is 13.2 Å². The van der Waals surface area contributed by atoms with Crippen molar-refractivity contribution in [1.82, 2.24) is 0 Å². The second-order valence-corrected chi connectivity index (χ2v) is 3.45. The van der Waals surface area contributed by atoms with E-state index in [0.29, 0.717) is 6.42 Å². The number of hydrogen-bond donors (Lipinski definition) is 3. The molecule has 0 aliphatic heterocycles. The number of hydrogen-bond acceptors (Lipinski definition) is 4. The van der Waals surface area contributed by atoms with E-state index < -0.39 is 18.2 Å². The summed E-state index contributed by atoms with van der Waals surface area (Å²) in [6.45, 7) is 0.269. The quantitative estimate of drug-likeness (QED) is 0.758. The minimum Gasteiger partial charge on any atom is -0.508 e. The first-order chi connectivity index (χ1) is 7.83. The van der Waals surface area contributed by atoms with Crippen molar-refractivity contribution >= 4 is 0 Å². The van der Waals surface area contributed by atoms with Crippen LogP contribution in [0, 0.1) is 0 Å². The lowest BCUT2D eigenvalue weighted by Gasteiger charge is -2.15. The summed E-state index contributed by atoms with van der Waals surface area (Å²) in [7, 11) is 0. The van der Waals surface area contributed by atoms with Gasteiger partial charge in [-0.05, 0) is 31.2 Å². The van der Waals surface area contributed by atoms with E-state index in [0.717, 1.165) is 18.2 Å². The Labute approximate surface area is 96.0 Å². The highest BCUT2D eigenvalue weighted by molar-refractivity contribution is 5.41. The summed E-state index contributed by atoms with van der Waals surface area (Å²) in [6, 6.07) is 2.55. The van der Waals surface area contributed by atoms with Crippen molar-refractivity contribution in [3.8, 4) is 11.5 Å². The lowest BCUT2D eigenvalue weighted by atomic mass is 10.0. The average Bonchev–Trinajstić information content (AvgIpc) is 2.19. The lowest BCUT2D eigenvalue weighted by Crippen LogP contribution is -2.18. The molecule has 1 atom stereocenters. The van der Waals surface area contributed by atoms with Crippen molar-refractivity contribution in [3.05, 3.63) is 23.8 Å². The molecule has 0 amide bonds. The van der Waals surface area contributed by atoms with Crippen LogP contribution in [0.4, 0.5) is 13.2 Å². The van der Waals surface area contributed by atoms with Crippen LogP contribution in [0.25, 0.3) is 0 Å². The van der Waals surface area contributed by atoms with Gasteiger partial charge in [0.15, 0.2) is 0 Å². The minimum atomic E-state index is -4.77. The van der Waals surface area contributed by atoms with Gasteiger partial charge in [0.2, 0.25) is 0 Å². The Morgan fingerprint density at radius 1 is 1.35 bits per heavy atom. The summed E-state index contributed by atoms with van der Waals surface area (Å²) in [4.78, 5) is 0. The summed E-state index contributed by atoms with van der Waals surface area (Å²) in [5.41, 5.74) is 11.1. The number of aromatic hydroxyl groups is 1. The SMILES string of the molecule is NCC[C@@H](N)c1cc(OC(F)(F)F)ccc1O. The molecule has 0 saturated carbocycles. The molecule has 96 valence electrons. The van der Waals surface area contributed by atoms with Gasteiger partial charge in [0.1, 0.15) is 11.5 Å². The molecule has 0 aliphatic rings. The Kier molecular flexibility index (Phi) is 4.19. The largest absolute Gasteiger partial charge is 0.573 e. The standard InChI is InChI=1S/C10H13F3N2O2/c11-10(12,13)17-6-1-2-9(16)7(5-6)8(15)3-4-14/h1-2,5,8,16H,3-4,14-15H2/t8-/m1/s1. The summed E-state index contributed by atoms with van der Waals surface area (Å²) in [5, 5.41) is 9.47. The highest BCUT2D eigenvalue weighted by atomic mass is 19.4. The normalized spacial score (nSPS) is 13.5. The summed E-state index contributed by atoms with van der Waals surface area (Å²) >= 11 is 0. The average molecular weight is 250 g/mol. The molecule has 0 aromatic heterocycles. The van der Waals surface area contributed by atoms with Gasteiger partial charge in [0.05, 0.1) is 0 Å². The molecule has 5 N–H and O–H groups in total. The van der Waals surface area contributed by atoms with Crippen LogP contribution in [-0.2, 0) is 0 Å². The second kappa shape index (κ2) is 5.24. The Morgan fingerprint density at radius 3 is 2.53 bits per heavy atom. The van der Waals surface area contributed by atoms with Gasteiger partial charge >= 0.3 is 6.36 Å². The van der Waals surface area contributed by atoms with Crippen LogP contribution in [0.3, 0.4) is 0 Å². The molecule has 0 heterocycles. The molecule has 0 radical (unpaired) electrons. The van der Waals surface area contributed by atoms with Crippen molar-refractivity contribution in [1.29, 1.82) is 0 Å². The van der Waals surface area contributed by atoms with Crippen LogP contribution in [0.2, 0.25) is 0 Å². The first kappa shape index (κ1) is 13.6. The Hall–Kier alpha value is -1.47. The zero-order chi connectivity index (χ0) is 13.1. The van der Waals surface area contributed by atoms with Crippen LogP contribution in [0.5, 0.6) is 11.5 Å². The molecular weight excluding hydrogens is 237 g/mol. The van der Waals surface area contributed by atoms with Gasteiger partial charge in [0, 0.05) is 11.6 Å². The third-order valence-corrected chi connectivity index (χ3v) is 2.11. The number of nitrogens with two attached hydrogens (primary N) is 2. The first-order valence-electron chi connectivity index (χ1n) is 4.88. The number of rotatable bonds is 4. The molecule has 1 rings (SSSR count). The predicted octanol–water partition coefficient (Wildman–Crippen LogP) is 1.64. The van der Waals surface area contributed by atoms with Gasteiger partial charge in [-0.3, -0.25) is 0 Å². The molecule has 1 aromatic rings. The number of phenolic OH excluding ortho intramolecular Hbond substituents is 1. The van der Waals surface area contributed by atoms with Crippen LogP contribution >= 0.6 is 0 Å². The fourth-order valence-corrected chi connectivity index (χ4v) is 1.36. The van der Waals surface area contributed by atoms with Gasteiger partial charge < -0.3 is 21.3 Å².